The summed E-state index contributed by atoms with van der Waals surface area (Å²) in [6.07, 6.45) is -0.436. The molecule has 1 saturated heterocycles. The lowest BCUT2D eigenvalue weighted by atomic mass is 10.0. The number of rotatable bonds is 3. The van der Waals surface area contributed by atoms with Gasteiger partial charge in [0.05, 0.1) is 0 Å². The van der Waals surface area contributed by atoms with Crippen LogP contribution in [0, 0.1) is 0 Å². The first-order valence-electron chi connectivity index (χ1n) is 6.82. The molecule has 1 heterocycles. The molecule has 0 aliphatic carbocycles. The minimum Gasteiger partial charge on any atom is -0.306 e. The average Bonchev–Trinajstić information content (AvgIpc) is 2.76. The second-order valence-corrected chi connectivity index (χ2v) is 5.09. The van der Waals surface area contributed by atoms with Gasteiger partial charge in [-0.25, -0.2) is 4.39 Å². The summed E-state index contributed by atoms with van der Waals surface area (Å²) in [6.45, 7) is 0. The summed E-state index contributed by atoms with van der Waals surface area (Å²) in [7, 11) is 0. The number of hydrogen-bond acceptors (Lipinski definition) is 1. The van der Waals surface area contributed by atoms with Gasteiger partial charge in [-0.3, -0.25) is 4.79 Å². The largest absolute Gasteiger partial charge is 0.306 e. The Labute approximate surface area is 117 Å². The zero-order chi connectivity index (χ0) is 13.9. The van der Waals surface area contributed by atoms with E-state index in [0.29, 0.717) is 6.42 Å². The Balaban J connectivity index is 1.87. The van der Waals surface area contributed by atoms with Crippen molar-refractivity contribution in [2.75, 3.05) is 4.90 Å². The van der Waals surface area contributed by atoms with E-state index in [1.807, 2.05) is 60.7 Å². The number of anilines is 1. The molecule has 3 rings (SSSR count). The Kier molecular flexibility index (Phi) is 3.50. The van der Waals surface area contributed by atoms with E-state index >= 15 is 0 Å². The first kappa shape index (κ1) is 12.9. The topological polar surface area (TPSA) is 20.3 Å². The molecule has 0 bridgehead atoms. The van der Waals surface area contributed by atoms with Crippen molar-refractivity contribution in [2.24, 2.45) is 0 Å². The predicted molar refractivity (Wildman–Crippen MR) is 77.4 cm³/mol. The van der Waals surface area contributed by atoms with E-state index in [0.717, 1.165) is 11.3 Å². The molecule has 1 amide bonds. The van der Waals surface area contributed by atoms with Crippen LogP contribution in [0.25, 0.3) is 0 Å². The minimum absolute atomic E-state index is 0.109. The summed E-state index contributed by atoms with van der Waals surface area (Å²) in [5.41, 5.74) is 1.90. The molecule has 0 spiro atoms. The molecule has 0 aromatic heterocycles. The lowest BCUT2D eigenvalue weighted by Crippen LogP contribution is -2.35. The van der Waals surface area contributed by atoms with Crippen LogP contribution in [0.5, 0.6) is 0 Å². The number of carbonyl (C=O) groups is 1. The van der Waals surface area contributed by atoms with Crippen LogP contribution >= 0.6 is 0 Å². The molecule has 1 fully saturated rings. The normalized spacial score (nSPS) is 22.2. The third-order valence-corrected chi connectivity index (χ3v) is 3.70. The minimum atomic E-state index is -1.39. The zero-order valence-electron chi connectivity index (χ0n) is 11.1. The van der Waals surface area contributed by atoms with Crippen molar-refractivity contribution in [2.45, 2.75) is 25.1 Å². The Morgan fingerprint density at radius 3 is 2.25 bits per heavy atom. The van der Waals surface area contributed by atoms with Crippen LogP contribution in [0.3, 0.4) is 0 Å². The molecule has 2 nitrogen and oxygen atoms in total. The SMILES string of the molecule is O=C1C(F)CC(Cc2ccccc2)N1c1ccccc1. The van der Waals surface area contributed by atoms with Gasteiger partial charge in [0.2, 0.25) is 0 Å². The average molecular weight is 269 g/mol. The molecule has 1 aliphatic heterocycles. The summed E-state index contributed by atoms with van der Waals surface area (Å²) < 4.78 is 13.8. The van der Waals surface area contributed by atoms with Gasteiger partial charge in [-0.15, -0.1) is 0 Å². The van der Waals surface area contributed by atoms with E-state index in [2.05, 4.69) is 0 Å². The van der Waals surface area contributed by atoms with E-state index in [1.54, 1.807) is 4.90 Å². The maximum absolute atomic E-state index is 13.8. The lowest BCUT2D eigenvalue weighted by Gasteiger charge is -2.24. The summed E-state index contributed by atoms with van der Waals surface area (Å²) in [4.78, 5) is 13.7. The fraction of sp³-hybridized carbons (Fsp3) is 0.235. The van der Waals surface area contributed by atoms with Gasteiger partial charge in [-0.05, 0) is 24.1 Å². The number of carbonyl (C=O) groups excluding carboxylic acids is 1. The van der Waals surface area contributed by atoms with Crippen LogP contribution in [0.15, 0.2) is 60.7 Å². The summed E-state index contributed by atoms with van der Waals surface area (Å²) in [5.74, 6) is -0.419. The molecular weight excluding hydrogens is 253 g/mol. The third-order valence-electron chi connectivity index (χ3n) is 3.70. The van der Waals surface area contributed by atoms with Crippen molar-refractivity contribution in [1.29, 1.82) is 0 Å². The van der Waals surface area contributed by atoms with Gasteiger partial charge in [0.15, 0.2) is 6.17 Å². The Bertz CT molecular complexity index is 584. The van der Waals surface area contributed by atoms with Gasteiger partial charge >= 0.3 is 0 Å². The fourth-order valence-corrected chi connectivity index (χ4v) is 2.76. The number of nitrogens with zero attached hydrogens (tertiary/aromatic N) is 1. The number of halogens is 1. The van der Waals surface area contributed by atoms with E-state index in [1.165, 1.54) is 0 Å². The smallest absolute Gasteiger partial charge is 0.261 e. The molecule has 1 aliphatic rings. The van der Waals surface area contributed by atoms with Crippen LogP contribution < -0.4 is 4.90 Å². The molecule has 0 radical (unpaired) electrons. The van der Waals surface area contributed by atoms with Crippen LogP contribution in [0.1, 0.15) is 12.0 Å². The third kappa shape index (κ3) is 2.44. The number of para-hydroxylation sites is 1. The quantitative estimate of drug-likeness (QED) is 0.836. The van der Waals surface area contributed by atoms with Crippen molar-refractivity contribution in [1.82, 2.24) is 0 Å². The Hall–Kier alpha value is -2.16. The zero-order valence-corrected chi connectivity index (χ0v) is 11.1. The first-order chi connectivity index (χ1) is 9.75. The number of alkyl halides is 1. The van der Waals surface area contributed by atoms with Crippen LogP contribution in [0.2, 0.25) is 0 Å². The van der Waals surface area contributed by atoms with E-state index < -0.39 is 12.1 Å². The van der Waals surface area contributed by atoms with E-state index in [9.17, 15) is 9.18 Å². The summed E-state index contributed by atoms with van der Waals surface area (Å²) >= 11 is 0. The van der Waals surface area contributed by atoms with Crippen LogP contribution in [-0.4, -0.2) is 18.1 Å². The number of amides is 1. The summed E-state index contributed by atoms with van der Waals surface area (Å²) in [5, 5.41) is 0. The van der Waals surface area contributed by atoms with Crippen molar-refractivity contribution >= 4 is 11.6 Å². The molecule has 3 heteroatoms. The molecule has 20 heavy (non-hydrogen) atoms. The molecule has 102 valence electrons. The van der Waals surface area contributed by atoms with Gasteiger partial charge < -0.3 is 4.90 Å². The standard InChI is InChI=1S/C17H16FNO/c18-16-12-15(11-13-7-3-1-4-8-13)19(17(16)20)14-9-5-2-6-10-14/h1-10,15-16H,11-12H2. The van der Waals surface area contributed by atoms with Crippen LogP contribution in [0.4, 0.5) is 10.1 Å². The lowest BCUT2D eigenvalue weighted by molar-refractivity contribution is -0.121. The molecule has 0 N–H and O–H groups in total. The highest BCUT2D eigenvalue weighted by molar-refractivity contribution is 5.99. The molecular formula is C17H16FNO. The second-order valence-electron chi connectivity index (χ2n) is 5.09. The van der Waals surface area contributed by atoms with Gasteiger partial charge in [0.1, 0.15) is 0 Å². The maximum atomic E-state index is 13.8. The first-order valence-corrected chi connectivity index (χ1v) is 6.82. The molecule has 2 aromatic rings. The van der Waals surface area contributed by atoms with Crippen molar-refractivity contribution < 1.29 is 9.18 Å². The number of hydrogen-bond donors (Lipinski definition) is 0. The highest BCUT2D eigenvalue weighted by atomic mass is 19.1. The molecule has 2 aromatic carbocycles. The molecule has 0 saturated carbocycles. The predicted octanol–water partition coefficient (Wildman–Crippen LogP) is 3.37. The summed E-state index contributed by atoms with van der Waals surface area (Å²) in [6, 6.07) is 19.1. The Morgan fingerprint density at radius 2 is 1.60 bits per heavy atom. The van der Waals surface area contributed by atoms with Crippen molar-refractivity contribution in [3.05, 3.63) is 66.2 Å². The van der Waals surface area contributed by atoms with E-state index in [4.69, 9.17) is 0 Å². The van der Waals surface area contributed by atoms with Gasteiger partial charge in [0.25, 0.3) is 5.91 Å². The molecule has 2 atom stereocenters. The second kappa shape index (κ2) is 5.45. The highest BCUT2D eigenvalue weighted by Gasteiger charge is 2.40. The molecule has 2 unspecified atom stereocenters. The van der Waals surface area contributed by atoms with Crippen molar-refractivity contribution in [3.8, 4) is 0 Å². The van der Waals surface area contributed by atoms with E-state index in [-0.39, 0.29) is 12.5 Å². The van der Waals surface area contributed by atoms with Gasteiger partial charge in [0, 0.05) is 18.2 Å². The highest BCUT2D eigenvalue weighted by Crippen LogP contribution is 2.30. The number of benzene rings is 2. The monoisotopic (exact) mass is 269 g/mol. The maximum Gasteiger partial charge on any atom is 0.261 e. The van der Waals surface area contributed by atoms with Crippen LogP contribution in [-0.2, 0) is 11.2 Å². The van der Waals surface area contributed by atoms with Crippen molar-refractivity contribution in [3.63, 3.8) is 0 Å². The van der Waals surface area contributed by atoms with Gasteiger partial charge in [-0.2, -0.15) is 0 Å². The van der Waals surface area contributed by atoms with Gasteiger partial charge in [-0.1, -0.05) is 48.5 Å². The Morgan fingerprint density at radius 1 is 1.00 bits per heavy atom. The fourth-order valence-electron chi connectivity index (χ4n) is 2.76.